The molecule has 3 rings (SSSR count). The number of tetrazole rings is 1. The Morgan fingerprint density at radius 1 is 1.37 bits per heavy atom. The second-order valence-corrected chi connectivity index (χ2v) is 6.69. The van der Waals surface area contributed by atoms with Crippen molar-refractivity contribution in [2.45, 2.75) is 38.8 Å². The van der Waals surface area contributed by atoms with Crippen LogP contribution in [-0.2, 0) is 22.6 Å². The number of aromatic amines is 1. The third-order valence-corrected chi connectivity index (χ3v) is 4.74. The first kappa shape index (κ1) is 19.0. The van der Waals surface area contributed by atoms with Crippen LogP contribution < -0.4 is 10.6 Å². The third kappa shape index (κ3) is 5.33. The molecule has 1 aliphatic heterocycles. The number of piperazine rings is 1. The van der Waals surface area contributed by atoms with Crippen LogP contribution in [0.25, 0.3) is 0 Å². The van der Waals surface area contributed by atoms with Gasteiger partial charge in [-0.2, -0.15) is 5.21 Å². The maximum absolute atomic E-state index is 12.3. The van der Waals surface area contributed by atoms with Crippen LogP contribution in [0, 0.1) is 6.92 Å². The Balaban J connectivity index is 1.51. The van der Waals surface area contributed by atoms with E-state index in [1.54, 1.807) is 0 Å². The summed E-state index contributed by atoms with van der Waals surface area (Å²) in [6.07, 6.45) is 1.51. The fraction of sp³-hybridized carbons (Fsp3) is 0.500. The van der Waals surface area contributed by atoms with Gasteiger partial charge in [0.1, 0.15) is 0 Å². The third-order valence-electron chi connectivity index (χ3n) is 4.74. The van der Waals surface area contributed by atoms with Crippen molar-refractivity contribution < 1.29 is 9.59 Å². The summed E-state index contributed by atoms with van der Waals surface area (Å²) in [6.45, 7) is 4.57. The van der Waals surface area contributed by atoms with E-state index in [9.17, 15) is 9.59 Å². The average Bonchev–Trinajstić information content (AvgIpc) is 3.17. The van der Waals surface area contributed by atoms with Crippen LogP contribution in [0.3, 0.4) is 0 Å². The molecule has 0 aliphatic carbocycles. The van der Waals surface area contributed by atoms with Crippen molar-refractivity contribution in [3.8, 4) is 0 Å². The first-order valence-electron chi connectivity index (χ1n) is 9.19. The number of carbonyl (C=O) groups is 2. The van der Waals surface area contributed by atoms with E-state index in [1.807, 2.05) is 12.1 Å². The molecule has 1 aromatic carbocycles. The molecule has 2 amide bonds. The highest BCUT2D eigenvalue weighted by atomic mass is 16.2. The average molecular weight is 371 g/mol. The van der Waals surface area contributed by atoms with Crippen LogP contribution in [0.15, 0.2) is 24.3 Å². The van der Waals surface area contributed by atoms with Gasteiger partial charge in [0.25, 0.3) is 0 Å². The normalized spacial score (nSPS) is 17.5. The fourth-order valence-corrected chi connectivity index (χ4v) is 3.19. The minimum atomic E-state index is -0.449. The van der Waals surface area contributed by atoms with Crippen molar-refractivity contribution in [3.05, 3.63) is 41.2 Å². The van der Waals surface area contributed by atoms with Crippen LogP contribution in [-0.4, -0.2) is 63.0 Å². The molecular formula is C18H25N7O2. The number of carbonyl (C=O) groups excluding carboxylic acids is 2. The molecule has 27 heavy (non-hydrogen) atoms. The Labute approximate surface area is 157 Å². The largest absolute Gasteiger partial charge is 0.356 e. The number of rotatable bonds is 8. The van der Waals surface area contributed by atoms with Crippen LogP contribution >= 0.6 is 0 Å². The van der Waals surface area contributed by atoms with Crippen molar-refractivity contribution in [1.82, 2.24) is 36.2 Å². The van der Waals surface area contributed by atoms with Crippen LogP contribution in [0.1, 0.15) is 29.8 Å². The second-order valence-electron chi connectivity index (χ2n) is 6.69. The molecule has 1 aliphatic rings. The van der Waals surface area contributed by atoms with E-state index < -0.39 is 6.04 Å². The maximum atomic E-state index is 12.3. The fourth-order valence-electron chi connectivity index (χ4n) is 3.19. The number of amides is 2. The molecule has 1 aromatic heterocycles. The summed E-state index contributed by atoms with van der Waals surface area (Å²) in [4.78, 5) is 26.7. The quantitative estimate of drug-likeness (QED) is 0.560. The molecule has 9 heteroatoms. The van der Waals surface area contributed by atoms with Gasteiger partial charge in [0, 0.05) is 32.6 Å². The molecule has 2 aromatic rings. The van der Waals surface area contributed by atoms with Gasteiger partial charge in [-0.15, -0.1) is 10.2 Å². The molecule has 0 spiro atoms. The molecule has 3 N–H and O–H groups in total. The summed E-state index contributed by atoms with van der Waals surface area (Å²) < 4.78 is 0. The van der Waals surface area contributed by atoms with Crippen molar-refractivity contribution in [2.24, 2.45) is 0 Å². The van der Waals surface area contributed by atoms with Crippen molar-refractivity contribution >= 4 is 11.8 Å². The highest BCUT2D eigenvalue weighted by Gasteiger charge is 2.31. The van der Waals surface area contributed by atoms with E-state index in [-0.39, 0.29) is 18.2 Å². The molecule has 1 fully saturated rings. The zero-order valence-electron chi connectivity index (χ0n) is 15.4. The maximum Gasteiger partial charge on any atom is 0.237 e. The smallest absolute Gasteiger partial charge is 0.237 e. The van der Waals surface area contributed by atoms with Crippen molar-refractivity contribution in [1.29, 1.82) is 0 Å². The first-order valence-corrected chi connectivity index (χ1v) is 9.19. The van der Waals surface area contributed by atoms with Gasteiger partial charge in [0.2, 0.25) is 11.8 Å². The summed E-state index contributed by atoms with van der Waals surface area (Å²) in [7, 11) is 0. The Morgan fingerprint density at radius 3 is 3.00 bits per heavy atom. The van der Waals surface area contributed by atoms with Gasteiger partial charge in [0.15, 0.2) is 5.82 Å². The number of aryl methyl sites for hydroxylation is 2. The predicted molar refractivity (Wildman–Crippen MR) is 98.5 cm³/mol. The topological polar surface area (TPSA) is 116 Å². The lowest BCUT2D eigenvalue weighted by molar-refractivity contribution is -0.134. The van der Waals surface area contributed by atoms with Gasteiger partial charge in [0.05, 0.1) is 12.5 Å². The van der Waals surface area contributed by atoms with Gasteiger partial charge < -0.3 is 10.6 Å². The zero-order valence-corrected chi connectivity index (χ0v) is 15.4. The molecule has 0 radical (unpaired) electrons. The lowest BCUT2D eigenvalue weighted by Crippen LogP contribution is -2.56. The van der Waals surface area contributed by atoms with E-state index in [0.717, 1.165) is 13.0 Å². The van der Waals surface area contributed by atoms with E-state index in [0.29, 0.717) is 31.9 Å². The monoisotopic (exact) mass is 371 g/mol. The highest BCUT2D eigenvalue weighted by molar-refractivity contribution is 5.88. The Kier molecular flexibility index (Phi) is 6.48. The number of nitrogens with one attached hydrogen (secondary N) is 3. The molecule has 2 heterocycles. The van der Waals surface area contributed by atoms with Crippen LogP contribution in [0.2, 0.25) is 0 Å². The molecule has 1 atom stereocenters. The van der Waals surface area contributed by atoms with Crippen LogP contribution in [0.5, 0.6) is 0 Å². The number of hydrogen-bond acceptors (Lipinski definition) is 6. The Hall–Kier alpha value is -2.81. The minimum absolute atomic E-state index is 0.0863. The van der Waals surface area contributed by atoms with Crippen molar-refractivity contribution in [2.75, 3.05) is 19.6 Å². The summed E-state index contributed by atoms with van der Waals surface area (Å²) in [5.74, 6) is 0.414. The molecule has 1 saturated heterocycles. The lowest BCUT2D eigenvalue weighted by atomic mass is 10.0. The molecule has 1 unspecified atom stereocenters. The van der Waals surface area contributed by atoms with Gasteiger partial charge in [-0.3, -0.25) is 14.5 Å². The van der Waals surface area contributed by atoms with E-state index in [4.69, 9.17) is 0 Å². The summed E-state index contributed by atoms with van der Waals surface area (Å²) in [6, 6.07) is 7.68. The van der Waals surface area contributed by atoms with Gasteiger partial charge >= 0.3 is 0 Å². The van der Waals surface area contributed by atoms with Gasteiger partial charge in [-0.1, -0.05) is 29.5 Å². The Morgan fingerprint density at radius 2 is 2.22 bits per heavy atom. The number of benzene rings is 1. The predicted octanol–water partition coefficient (Wildman–Crippen LogP) is -0.0524. The standard InChI is InChI=1S/C18H25N7O2/c1-13-5-2-3-6-14(13)12-25-10-9-20-18(27)15(25)11-17(26)19-8-4-7-16-21-23-24-22-16/h2-3,5-6,15H,4,7-12H2,1H3,(H,19,26)(H,20,27)(H,21,22,23,24). The molecule has 144 valence electrons. The molecule has 0 saturated carbocycles. The minimum Gasteiger partial charge on any atom is -0.356 e. The molecule has 0 bridgehead atoms. The zero-order chi connectivity index (χ0) is 19.1. The second kappa shape index (κ2) is 9.22. The van der Waals surface area contributed by atoms with Crippen molar-refractivity contribution in [3.63, 3.8) is 0 Å². The van der Waals surface area contributed by atoms with Gasteiger partial charge in [-0.05, 0) is 24.5 Å². The number of aromatic nitrogens is 4. The van der Waals surface area contributed by atoms with E-state index >= 15 is 0 Å². The summed E-state index contributed by atoms with van der Waals surface area (Å²) in [5.41, 5.74) is 2.37. The number of hydrogen-bond donors (Lipinski definition) is 3. The molecule has 9 nitrogen and oxygen atoms in total. The summed E-state index contributed by atoms with van der Waals surface area (Å²) in [5, 5.41) is 19.4. The van der Waals surface area contributed by atoms with E-state index in [1.165, 1.54) is 11.1 Å². The van der Waals surface area contributed by atoms with Crippen LogP contribution in [0.4, 0.5) is 0 Å². The molecular weight excluding hydrogens is 346 g/mol. The SMILES string of the molecule is Cc1ccccc1CN1CCNC(=O)C1CC(=O)NCCCc1nn[nH]n1. The number of nitrogens with zero attached hydrogens (tertiary/aromatic N) is 4. The lowest BCUT2D eigenvalue weighted by Gasteiger charge is -2.35. The van der Waals surface area contributed by atoms with Gasteiger partial charge in [-0.25, -0.2) is 0 Å². The Bertz CT molecular complexity index is 763. The first-order chi connectivity index (χ1) is 13.1. The van der Waals surface area contributed by atoms with E-state index in [2.05, 4.69) is 55.2 Å². The highest BCUT2D eigenvalue weighted by Crippen LogP contribution is 2.16. The summed E-state index contributed by atoms with van der Waals surface area (Å²) >= 11 is 0. The number of H-pyrrole nitrogens is 1.